The number of hydrogen-bond acceptors (Lipinski definition) is 2. The van der Waals surface area contributed by atoms with Crippen LogP contribution < -0.4 is 5.73 Å². The Morgan fingerprint density at radius 1 is 1.25 bits per heavy atom. The van der Waals surface area contributed by atoms with E-state index in [0.29, 0.717) is 0 Å². The van der Waals surface area contributed by atoms with Crippen molar-refractivity contribution in [3.63, 3.8) is 0 Å². The van der Waals surface area contributed by atoms with Crippen molar-refractivity contribution in [3.05, 3.63) is 0 Å². The standard InChI is InChI=1S/C8H16N2OS/c1-5(2)10(6(3)4)8(12)7(9)11/h5-6H,1-4H3,(H2,9,11). The number of thiocarbonyl (C=S) groups is 1. The van der Waals surface area contributed by atoms with Crippen molar-refractivity contribution in [2.75, 3.05) is 0 Å². The highest BCUT2D eigenvalue weighted by Crippen LogP contribution is 2.06. The molecule has 0 aliphatic rings. The van der Waals surface area contributed by atoms with E-state index in [1.54, 1.807) is 0 Å². The first-order chi connectivity index (χ1) is 5.37. The summed E-state index contributed by atoms with van der Waals surface area (Å²) in [5, 5.41) is 0. The molecule has 0 fully saturated rings. The van der Waals surface area contributed by atoms with Crippen LogP contribution in [0.4, 0.5) is 0 Å². The normalized spacial score (nSPS) is 10.5. The van der Waals surface area contributed by atoms with Crippen LogP contribution in [0.3, 0.4) is 0 Å². The summed E-state index contributed by atoms with van der Waals surface area (Å²) in [6.45, 7) is 7.93. The second-order valence-corrected chi connectivity index (χ2v) is 3.65. The van der Waals surface area contributed by atoms with Crippen LogP contribution in [-0.4, -0.2) is 27.9 Å². The lowest BCUT2D eigenvalue weighted by atomic mass is 10.2. The van der Waals surface area contributed by atoms with Gasteiger partial charge in [0.05, 0.1) is 0 Å². The second-order valence-electron chi connectivity index (χ2n) is 3.26. The van der Waals surface area contributed by atoms with Gasteiger partial charge in [0.15, 0.2) is 4.99 Å². The van der Waals surface area contributed by atoms with Gasteiger partial charge in [-0.2, -0.15) is 0 Å². The summed E-state index contributed by atoms with van der Waals surface area (Å²) in [6.07, 6.45) is 0. The lowest BCUT2D eigenvalue weighted by molar-refractivity contribution is -0.112. The molecule has 0 unspecified atom stereocenters. The molecule has 0 aliphatic carbocycles. The molecule has 0 heterocycles. The van der Waals surface area contributed by atoms with Crippen LogP contribution in [0.5, 0.6) is 0 Å². The van der Waals surface area contributed by atoms with E-state index in [4.69, 9.17) is 18.0 Å². The molecule has 0 bridgehead atoms. The summed E-state index contributed by atoms with van der Waals surface area (Å²) in [5.74, 6) is -0.521. The van der Waals surface area contributed by atoms with Gasteiger partial charge in [0.25, 0.3) is 5.91 Å². The fourth-order valence-corrected chi connectivity index (χ4v) is 1.61. The van der Waals surface area contributed by atoms with Gasteiger partial charge in [0, 0.05) is 12.1 Å². The molecule has 3 nitrogen and oxygen atoms in total. The number of rotatable bonds is 2. The molecule has 0 spiro atoms. The predicted molar refractivity (Wildman–Crippen MR) is 53.9 cm³/mol. The van der Waals surface area contributed by atoms with E-state index in [1.165, 1.54) is 0 Å². The molecule has 0 saturated heterocycles. The average molecular weight is 188 g/mol. The Morgan fingerprint density at radius 3 is 1.67 bits per heavy atom. The number of nitrogens with zero attached hydrogens (tertiary/aromatic N) is 1. The van der Waals surface area contributed by atoms with E-state index in [9.17, 15) is 4.79 Å². The first-order valence-corrected chi connectivity index (χ1v) is 4.40. The summed E-state index contributed by atoms with van der Waals surface area (Å²) < 4.78 is 0. The number of amides is 1. The monoisotopic (exact) mass is 188 g/mol. The van der Waals surface area contributed by atoms with Gasteiger partial charge >= 0.3 is 0 Å². The molecule has 0 aliphatic heterocycles. The van der Waals surface area contributed by atoms with Crippen LogP contribution >= 0.6 is 12.2 Å². The zero-order valence-corrected chi connectivity index (χ0v) is 8.81. The first-order valence-electron chi connectivity index (χ1n) is 4.00. The molecule has 0 aromatic rings. The molecular weight excluding hydrogens is 172 g/mol. The molecule has 0 aromatic heterocycles. The lowest BCUT2D eigenvalue weighted by Gasteiger charge is -2.31. The van der Waals surface area contributed by atoms with Crippen molar-refractivity contribution in [1.29, 1.82) is 0 Å². The SMILES string of the molecule is CC(C)N(C(=S)C(N)=O)C(C)C. The Balaban J connectivity index is 4.52. The summed E-state index contributed by atoms with van der Waals surface area (Å²) in [4.78, 5) is 12.8. The van der Waals surface area contributed by atoms with E-state index >= 15 is 0 Å². The number of carbonyl (C=O) groups is 1. The number of nitrogens with two attached hydrogens (primary N) is 1. The lowest BCUT2D eigenvalue weighted by Crippen LogP contribution is -2.46. The molecule has 4 heteroatoms. The maximum absolute atomic E-state index is 10.8. The molecule has 0 radical (unpaired) electrons. The molecule has 0 saturated carbocycles. The van der Waals surface area contributed by atoms with E-state index in [1.807, 2.05) is 32.6 Å². The third kappa shape index (κ3) is 2.77. The van der Waals surface area contributed by atoms with Gasteiger partial charge in [-0.1, -0.05) is 12.2 Å². The number of carbonyl (C=O) groups excluding carboxylic acids is 1. The topological polar surface area (TPSA) is 46.3 Å². The molecule has 1 amide bonds. The minimum absolute atomic E-state index is 0.213. The van der Waals surface area contributed by atoms with Crippen molar-refractivity contribution in [2.24, 2.45) is 5.73 Å². The fraction of sp³-hybridized carbons (Fsp3) is 0.750. The maximum atomic E-state index is 10.8. The van der Waals surface area contributed by atoms with Crippen molar-refractivity contribution < 1.29 is 4.79 Å². The highest BCUT2D eigenvalue weighted by atomic mass is 32.1. The van der Waals surface area contributed by atoms with Gasteiger partial charge in [-0.25, -0.2) is 0 Å². The third-order valence-electron chi connectivity index (χ3n) is 1.56. The highest BCUT2D eigenvalue weighted by molar-refractivity contribution is 7.82. The Bertz CT molecular complexity index is 181. The number of primary amides is 1. The van der Waals surface area contributed by atoms with E-state index in [2.05, 4.69) is 0 Å². The largest absolute Gasteiger partial charge is 0.364 e. The van der Waals surface area contributed by atoms with Crippen LogP contribution in [0.25, 0.3) is 0 Å². The van der Waals surface area contributed by atoms with Crippen LogP contribution in [0.15, 0.2) is 0 Å². The van der Waals surface area contributed by atoms with Gasteiger partial charge in [-0.05, 0) is 27.7 Å². The van der Waals surface area contributed by atoms with Crippen LogP contribution in [0.1, 0.15) is 27.7 Å². The zero-order valence-electron chi connectivity index (χ0n) is 8.00. The molecule has 12 heavy (non-hydrogen) atoms. The van der Waals surface area contributed by atoms with Gasteiger partial charge in [0.2, 0.25) is 0 Å². The molecular formula is C8H16N2OS. The van der Waals surface area contributed by atoms with Gasteiger partial charge in [-0.15, -0.1) is 0 Å². The summed E-state index contributed by atoms with van der Waals surface area (Å²) in [7, 11) is 0. The first kappa shape index (κ1) is 11.4. The molecule has 0 atom stereocenters. The number of hydrogen-bond donors (Lipinski definition) is 1. The van der Waals surface area contributed by atoms with Gasteiger partial charge < -0.3 is 10.6 Å². The quantitative estimate of drug-likeness (QED) is 0.655. The van der Waals surface area contributed by atoms with E-state index in [-0.39, 0.29) is 17.1 Å². The van der Waals surface area contributed by atoms with E-state index < -0.39 is 5.91 Å². The molecule has 70 valence electrons. The zero-order chi connectivity index (χ0) is 9.89. The van der Waals surface area contributed by atoms with Crippen LogP contribution in [0, 0.1) is 0 Å². The van der Waals surface area contributed by atoms with Gasteiger partial charge in [0.1, 0.15) is 0 Å². The third-order valence-corrected chi connectivity index (χ3v) is 1.97. The van der Waals surface area contributed by atoms with Crippen LogP contribution in [0.2, 0.25) is 0 Å². The van der Waals surface area contributed by atoms with Crippen LogP contribution in [-0.2, 0) is 4.79 Å². The van der Waals surface area contributed by atoms with Crippen molar-refractivity contribution in [2.45, 2.75) is 39.8 Å². The van der Waals surface area contributed by atoms with E-state index in [0.717, 1.165) is 0 Å². The fourth-order valence-electron chi connectivity index (χ4n) is 1.19. The maximum Gasteiger partial charge on any atom is 0.276 e. The van der Waals surface area contributed by atoms with Crippen molar-refractivity contribution >= 4 is 23.1 Å². The smallest absolute Gasteiger partial charge is 0.276 e. The van der Waals surface area contributed by atoms with Crippen molar-refractivity contribution in [3.8, 4) is 0 Å². The molecule has 2 N–H and O–H groups in total. The Kier molecular flexibility index (Phi) is 4.17. The minimum atomic E-state index is -0.521. The average Bonchev–Trinajstić information content (AvgIpc) is 1.85. The Hall–Kier alpha value is -0.640. The second kappa shape index (κ2) is 4.40. The molecule has 0 rings (SSSR count). The summed E-state index contributed by atoms with van der Waals surface area (Å²) in [5.41, 5.74) is 5.09. The van der Waals surface area contributed by atoms with Crippen molar-refractivity contribution in [1.82, 2.24) is 4.90 Å². The Morgan fingerprint density at radius 2 is 1.58 bits per heavy atom. The summed E-state index contributed by atoms with van der Waals surface area (Å²) >= 11 is 4.90. The summed E-state index contributed by atoms with van der Waals surface area (Å²) in [6, 6.07) is 0.426. The molecule has 0 aromatic carbocycles. The minimum Gasteiger partial charge on any atom is -0.364 e. The van der Waals surface area contributed by atoms with Gasteiger partial charge in [-0.3, -0.25) is 4.79 Å². The Labute approximate surface area is 78.9 Å². The predicted octanol–water partition coefficient (Wildman–Crippen LogP) is 0.918. The highest BCUT2D eigenvalue weighted by Gasteiger charge is 2.19.